The van der Waals surface area contributed by atoms with Crippen LogP contribution in [-0.2, 0) is 4.79 Å². The van der Waals surface area contributed by atoms with Gasteiger partial charge in [-0.05, 0) is 37.5 Å². The number of nitrogens with zero attached hydrogens (tertiary/aromatic N) is 1. The summed E-state index contributed by atoms with van der Waals surface area (Å²) in [6.07, 6.45) is 9.04. The van der Waals surface area contributed by atoms with E-state index in [0.717, 1.165) is 19.5 Å². The lowest BCUT2D eigenvalue weighted by Crippen LogP contribution is -2.45. The van der Waals surface area contributed by atoms with Crippen molar-refractivity contribution >= 4 is 5.91 Å². The van der Waals surface area contributed by atoms with Gasteiger partial charge in [-0.15, -0.1) is 0 Å². The van der Waals surface area contributed by atoms with Crippen LogP contribution in [0, 0.1) is 17.8 Å². The molecule has 0 bridgehead atoms. The Labute approximate surface area is 106 Å². The fraction of sp³-hybridized carbons (Fsp3) is 0.933. The first-order valence-corrected chi connectivity index (χ1v) is 7.47. The van der Waals surface area contributed by atoms with Crippen LogP contribution in [0.5, 0.6) is 0 Å². The molecular weight excluding hydrogens is 210 g/mol. The van der Waals surface area contributed by atoms with Gasteiger partial charge in [0.1, 0.15) is 0 Å². The third-order valence-corrected chi connectivity index (χ3v) is 4.38. The maximum Gasteiger partial charge on any atom is 0.225 e. The van der Waals surface area contributed by atoms with Crippen LogP contribution in [0.4, 0.5) is 0 Å². The van der Waals surface area contributed by atoms with Crippen molar-refractivity contribution in [3.05, 3.63) is 0 Å². The minimum Gasteiger partial charge on any atom is -0.342 e. The first-order chi connectivity index (χ1) is 8.18. The second-order valence-electron chi connectivity index (χ2n) is 6.32. The number of hydrogen-bond acceptors (Lipinski definition) is 1. The molecule has 2 aliphatic rings. The van der Waals surface area contributed by atoms with Crippen LogP contribution in [0.15, 0.2) is 0 Å². The summed E-state index contributed by atoms with van der Waals surface area (Å²) < 4.78 is 0. The zero-order valence-corrected chi connectivity index (χ0v) is 11.5. The molecule has 2 nitrogen and oxygen atoms in total. The van der Waals surface area contributed by atoms with Gasteiger partial charge in [0, 0.05) is 19.0 Å². The lowest BCUT2D eigenvalue weighted by molar-refractivity contribution is -0.141. The molecule has 2 rings (SSSR count). The quantitative estimate of drug-likeness (QED) is 0.736. The Kier molecular flexibility index (Phi) is 4.47. The maximum absolute atomic E-state index is 12.5. The largest absolute Gasteiger partial charge is 0.342 e. The zero-order valence-electron chi connectivity index (χ0n) is 11.5. The highest BCUT2D eigenvalue weighted by Crippen LogP contribution is 2.35. The molecule has 0 aromatic carbocycles. The van der Waals surface area contributed by atoms with E-state index >= 15 is 0 Å². The second kappa shape index (κ2) is 5.88. The van der Waals surface area contributed by atoms with E-state index in [-0.39, 0.29) is 0 Å². The van der Waals surface area contributed by atoms with Crippen LogP contribution in [-0.4, -0.2) is 23.9 Å². The van der Waals surface area contributed by atoms with Crippen LogP contribution < -0.4 is 0 Å². The van der Waals surface area contributed by atoms with Crippen LogP contribution in [0.3, 0.4) is 0 Å². The molecule has 1 saturated carbocycles. The molecule has 1 atom stereocenters. The minimum atomic E-state index is 0.364. The van der Waals surface area contributed by atoms with Gasteiger partial charge in [-0.25, -0.2) is 0 Å². The monoisotopic (exact) mass is 237 g/mol. The van der Waals surface area contributed by atoms with E-state index in [0.29, 0.717) is 23.7 Å². The van der Waals surface area contributed by atoms with E-state index in [1.165, 1.54) is 38.5 Å². The number of carbonyl (C=O) groups excluding carboxylic acids is 1. The molecule has 98 valence electrons. The Balaban J connectivity index is 1.95. The molecule has 0 N–H and O–H groups in total. The van der Waals surface area contributed by atoms with Crippen LogP contribution in [0.25, 0.3) is 0 Å². The van der Waals surface area contributed by atoms with Gasteiger partial charge in [0.05, 0.1) is 0 Å². The highest BCUT2D eigenvalue weighted by Gasteiger charge is 2.34. The molecule has 17 heavy (non-hydrogen) atoms. The summed E-state index contributed by atoms with van der Waals surface area (Å²) in [6.45, 7) is 6.37. The average Bonchev–Trinajstić information content (AvgIpc) is 2.32. The summed E-state index contributed by atoms with van der Waals surface area (Å²) in [5, 5.41) is 0. The summed E-state index contributed by atoms with van der Waals surface area (Å²) in [4.78, 5) is 14.6. The first-order valence-electron chi connectivity index (χ1n) is 7.47. The molecular formula is C15H27NO. The minimum absolute atomic E-state index is 0.364. The Morgan fingerprint density at radius 3 is 2.47 bits per heavy atom. The molecule has 0 aromatic rings. The summed E-state index contributed by atoms with van der Waals surface area (Å²) in [6, 6.07) is 0. The number of hydrogen-bond donors (Lipinski definition) is 0. The predicted molar refractivity (Wildman–Crippen MR) is 70.7 cm³/mol. The van der Waals surface area contributed by atoms with Crippen LogP contribution >= 0.6 is 0 Å². The van der Waals surface area contributed by atoms with Crippen molar-refractivity contribution in [1.29, 1.82) is 0 Å². The number of rotatable bonds is 3. The molecule has 0 radical (unpaired) electrons. The van der Waals surface area contributed by atoms with Gasteiger partial charge in [0.25, 0.3) is 0 Å². The van der Waals surface area contributed by atoms with Crippen molar-refractivity contribution in [3.63, 3.8) is 0 Å². The molecule has 1 aliphatic carbocycles. The maximum atomic E-state index is 12.5. The van der Waals surface area contributed by atoms with Crippen LogP contribution in [0.2, 0.25) is 0 Å². The van der Waals surface area contributed by atoms with Gasteiger partial charge in [0.2, 0.25) is 5.91 Å². The van der Waals surface area contributed by atoms with Gasteiger partial charge in [0.15, 0.2) is 0 Å². The Morgan fingerprint density at radius 1 is 1.12 bits per heavy atom. The molecule has 1 saturated heterocycles. The normalized spacial score (nSPS) is 27.8. The predicted octanol–water partition coefficient (Wildman–Crippen LogP) is 3.46. The molecule has 1 aliphatic heterocycles. The smallest absolute Gasteiger partial charge is 0.225 e. The summed E-state index contributed by atoms with van der Waals surface area (Å²) >= 11 is 0. The molecule has 1 amide bonds. The highest BCUT2D eigenvalue weighted by molar-refractivity contribution is 5.79. The number of likely N-dealkylation sites (tertiary alicyclic amines) is 1. The summed E-state index contributed by atoms with van der Waals surface area (Å²) in [7, 11) is 0. The van der Waals surface area contributed by atoms with Gasteiger partial charge in [-0.3, -0.25) is 4.79 Å². The summed E-state index contributed by atoms with van der Waals surface area (Å²) in [5.41, 5.74) is 0. The SMILES string of the molecule is CC(C)CN1CCCC(C2CCCCC2)C1=O. The Morgan fingerprint density at radius 2 is 1.82 bits per heavy atom. The first kappa shape index (κ1) is 12.9. The van der Waals surface area contributed by atoms with Crippen molar-refractivity contribution in [2.24, 2.45) is 17.8 Å². The van der Waals surface area contributed by atoms with Gasteiger partial charge >= 0.3 is 0 Å². The van der Waals surface area contributed by atoms with Crippen molar-refractivity contribution in [1.82, 2.24) is 4.90 Å². The fourth-order valence-electron chi connectivity index (χ4n) is 3.57. The van der Waals surface area contributed by atoms with E-state index in [4.69, 9.17) is 0 Å². The van der Waals surface area contributed by atoms with Crippen molar-refractivity contribution in [2.45, 2.75) is 58.8 Å². The number of carbonyl (C=O) groups is 1. The molecule has 0 spiro atoms. The molecule has 1 heterocycles. The van der Waals surface area contributed by atoms with Crippen molar-refractivity contribution < 1.29 is 4.79 Å². The van der Waals surface area contributed by atoms with E-state index in [2.05, 4.69) is 18.7 Å². The van der Waals surface area contributed by atoms with E-state index in [1.807, 2.05) is 0 Å². The molecule has 0 aromatic heterocycles. The third-order valence-electron chi connectivity index (χ3n) is 4.38. The van der Waals surface area contributed by atoms with Crippen molar-refractivity contribution in [2.75, 3.05) is 13.1 Å². The fourth-order valence-corrected chi connectivity index (χ4v) is 3.57. The standard InChI is InChI=1S/C15H27NO/c1-12(2)11-16-10-6-9-14(15(16)17)13-7-4-3-5-8-13/h12-14H,3-11H2,1-2H3. The van der Waals surface area contributed by atoms with Gasteiger partial charge < -0.3 is 4.90 Å². The molecule has 2 heteroatoms. The average molecular weight is 237 g/mol. The van der Waals surface area contributed by atoms with Crippen molar-refractivity contribution in [3.8, 4) is 0 Å². The van der Waals surface area contributed by atoms with Crippen LogP contribution in [0.1, 0.15) is 58.8 Å². The topological polar surface area (TPSA) is 20.3 Å². The molecule has 1 unspecified atom stereocenters. The lowest BCUT2D eigenvalue weighted by atomic mass is 9.76. The Bertz CT molecular complexity index is 256. The second-order valence-corrected chi connectivity index (χ2v) is 6.32. The summed E-state index contributed by atoms with van der Waals surface area (Å²) in [5.74, 6) is 2.13. The van der Waals surface area contributed by atoms with Gasteiger partial charge in [-0.1, -0.05) is 33.1 Å². The number of piperidine rings is 1. The van der Waals surface area contributed by atoms with Gasteiger partial charge in [-0.2, -0.15) is 0 Å². The van der Waals surface area contributed by atoms with E-state index in [9.17, 15) is 4.79 Å². The molecule has 2 fully saturated rings. The van der Waals surface area contributed by atoms with E-state index in [1.54, 1.807) is 0 Å². The third kappa shape index (κ3) is 3.23. The number of amides is 1. The van der Waals surface area contributed by atoms with E-state index < -0.39 is 0 Å². The highest BCUT2D eigenvalue weighted by atomic mass is 16.2. The lowest BCUT2D eigenvalue weighted by Gasteiger charge is -2.38. The zero-order chi connectivity index (χ0) is 12.3. The Hall–Kier alpha value is -0.530.